The van der Waals surface area contributed by atoms with Crippen LogP contribution in [-0.2, 0) is 0 Å². The van der Waals surface area contributed by atoms with E-state index >= 15 is 0 Å². The van der Waals surface area contributed by atoms with Crippen LogP contribution in [0.1, 0.15) is 40.5 Å². The second-order valence-corrected chi connectivity index (χ2v) is 6.05. The highest BCUT2D eigenvalue weighted by molar-refractivity contribution is 4.92. The summed E-state index contributed by atoms with van der Waals surface area (Å²) in [5, 5.41) is 0. The molecular formula is C12H26N2. The van der Waals surface area contributed by atoms with Gasteiger partial charge >= 0.3 is 0 Å². The molecule has 1 rings (SSSR count). The third-order valence-electron chi connectivity index (χ3n) is 3.87. The molecule has 1 saturated heterocycles. The van der Waals surface area contributed by atoms with Gasteiger partial charge in [0.1, 0.15) is 0 Å². The quantitative estimate of drug-likeness (QED) is 0.637. The molecule has 0 aromatic carbocycles. The van der Waals surface area contributed by atoms with Crippen molar-refractivity contribution in [2.45, 2.75) is 51.6 Å². The summed E-state index contributed by atoms with van der Waals surface area (Å²) in [6.45, 7) is 11.8. The standard InChI is InChI=1S/C12H26N2/c1-11(2,3)14-9-7-12(4,8-10-14)13(5)6/h7-10H2,1-6H3. The lowest BCUT2D eigenvalue weighted by Gasteiger charge is -2.47. The van der Waals surface area contributed by atoms with Crippen molar-refractivity contribution in [3.8, 4) is 0 Å². The van der Waals surface area contributed by atoms with Crippen LogP contribution in [0.5, 0.6) is 0 Å². The molecule has 0 atom stereocenters. The lowest BCUT2D eigenvalue weighted by atomic mass is 9.86. The Kier molecular flexibility index (Phi) is 3.27. The first-order chi connectivity index (χ1) is 6.26. The molecule has 14 heavy (non-hydrogen) atoms. The van der Waals surface area contributed by atoms with E-state index < -0.39 is 0 Å². The molecule has 0 bridgehead atoms. The lowest BCUT2D eigenvalue weighted by molar-refractivity contribution is 0.0275. The molecule has 0 aromatic heterocycles. The summed E-state index contributed by atoms with van der Waals surface area (Å²) < 4.78 is 0. The maximum absolute atomic E-state index is 2.60. The van der Waals surface area contributed by atoms with Gasteiger partial charge in [-0.05, 0) is 54.6 Å². The van der Waals surface area contributed by atoms with E-state index in [2.05, 4.69) is 51.6 Å². The van der Waals surface area contributed by atoms with E-state index in [1.807, 2.05) is 0 Å². The van der Waals surface area contributed by atoms with Gasteiger partial charge in [-0.2, -0.15) is 0 Å². The van der Waals surface area contributed by atoms with Crippen LogP contribution in [0.3, 0.4) is 0 Å². The van der Waals surface area contributed by atoms with Gasteiger partial charge in [0.05, 0.1) is 0 Å². The van der Waals surface area contributed by atoms with Crippen LogP contribution in [-0.4, -0.2) is 48.1 Å². The third-order valence-corrected chi connectivity index (χ3v) is 3.87. The zero-order chi connectivity index (χ0) is 11.0. The average Bonchev–Trinajstić information content (AvgIpc) is 2.03. The van der Waals surface area contributed by atoms with Crippen LogP contribution >= 0.6 is 0 Å². The molecule has 2 heteroatoms. The summed E-state index contributed by atoms with van der Waals surface area (Å²) >= 11 is 0. The van der Waals surface area contributed by atoms with Crippen molar-refractivity contribution in [1.29, 1.82) is 0 Å². The van der Waals surface area contributed by atoms with Gasteiger partial charge in [-0.15, -0.1) is 0 Å². The zero-order valence-corrected chi connectivity index (χ0v) is 10.7. The van der Waals surface area contributed by atoms with Crippen molar-refractivity contribution in [1.82, 2.24) is 9.80 Å². The first kappa shape index (κ1) is 12.0. The summed E-state index contributed by atoms with van der Waals surface area (Å²) in [7, 11) is 4.40. The van der Waals surface area contributed by atoms with Crippen LogP contribution in [0, 0.1) is 0 Å². The topological polar surface area (TPSA) is 6.48 Å². The molecule has 0 unspecified atom stereocenters. The van der Waals surface area contributed by atoms with Gasteiger partial charge in [-0.1, -0.05) is 0 Å². The molecular weight excluding hydrogens is 172 g/mol. The number of piperidine rings is 1. The molecule has 0 aliphatic carbocycles. The highest BCUT2D eigenvalue weighted by atomic mass is 15.2. The Balaban J connectivity index is 2.54. The van der Waals surface area contributed by atoms with Crippen molar-refractivity contribution in [2.75, 3.05) is 27.2 Å². The maximum atomic E-state index is 2.60. The fourth-order valence-corrected chi connectivity index (χ4v) is 2.11. The fourth-order valence-electron chi connectivity index (χ4n) is 2.11. The summed E-state index contributed by atoms with van der Waals surface area (Å²) in [6, 6.07) is 0. The molecule has 1 aliphatic rings. The Labute approximate surface area is 89.3 Å². The van der Waals surface area contributed by atoms with Gasteiger partial charge < -0.3 is 4.90 Å². The molecule has 2 nitrogen and oxygen atoms in total. The van der Waals surface area contributed by atoms with Gasteiger partial charge in [-0.3, -0.25) is 4.90 Å². The summed E-state index contributed by atoms with van der Waals surface area (Å²) in [5.41, 5.74) is 0.759. The molecule has 0 N–H and O–H groups in total. The Morgan fingerprint density at radius 3 is 1.79 bits per heavy atom. The van der Waals surface area contributed by atoms with E-state index in [1.54, 1.807) is 0 Å². The van der Waals surface area contributed by atoms with E-state index in [4.69, 9.17) is 0 Å². The van der Waals surface area contributed by atoms with Crippen molar-refractivity contribution < 1.29 is 0 Å². The second kappa shape index (κ2) is 3.82. The summed E-state index contributed by atoms with van der Waals surface area (Å²) in [5.74, 6) is 0. The van der Waals surface area contributed by atoms with Crippen molar-refractivity contribution in [3.05, 3.63) is 0 Å². The van der Waals surface area contributed by atoms with E-state index in [-0.39, 0.29) is 0 Å². The lowest BCUT2D eigenvalue weighted by Crippen LogP contribution is -2.54. The Bertz CT molecular complexity index is 183. The minimum atomic E-state index is 0.341. The Morgan fingerprint density at radius 2 is 1.50 bits per heavy atom. The minimum Gasteiger partial charge on any atom is -0.304 e. The van der Waals surface area contributed by atoms with E-state index in [0.29, 0.717) is 11.1 Å². The fraction of sp³-hybridized carbons (Fsp3) is 1.00. The second-order valence-electron chi connectivity index (χ2n) is 6.05. The SMILES string of the molecule is CN(C)C1(C)CCN(C(C)(C)C)CC1. The molecule has 0 spiro atoms. The first-order valence-electron chi connectivity index (χ1n) is 5.68. The average molecular weight is 198 g/mol. The maximum Gasteiger partial charge on any atom is 0.0199 e. The molecule has 1 heterocycles. The van der Waals surface area contributed by atoms with Crippen molar-refractivity contribution in [2.24, 2.45) is 0 Å². The van der Waals surface area contributed by atoms with Crippen molar-refractivity contribution in [3.63, 3.8) is 0 Å². The molecule has 0 amide bonds. The number of hydrogen-bond donors (Lipinski definition) is 0. The number of likely N-dealkylation sites (tertiary alicyclic amines) is 1. The molecule has 0 aromatic rings. The highest BCUT2D eigenvalue weighted by Crippen LogP contribution is 2.29. The van der Waals surface area contributed by atoms with Gasteiger partial charge in [0.25, 0.3) is 0 Å². The predicted molar refractivity (Wildman–Crippen MR) is 62.7 cm³/mol. The first-order valence-corrected chi connectivity index (χ1v) is 5.68. The molecule has 0 radical (unpaired) electrons. The van der Waals surface area contributed by atoms with Gasteiger partial charge in [-0.25, -0.2) is 0 Å². The van der Waals surface area contributed by atoms with Crippen LogP contribution in [0.15, 0.2) is 0 Å². The van der Waals surface area contributed by atoms with Crippen molar-refractivity contribution >= 4 is 0 Å². The van der Waals surface area contributed by atoms with Crippen LogP contribution in [0.4, 0.5) is 0 Å². The van der Waals surface area contributed by atoms with Crippen LogP contribution < -0.4 is 0 Å². The van der Waals surface area contributed by atoms with E-state index in [9.17, 15) is 0 Å². The largest absolute Gasteiger partial charge is 0.304 e. The van der Waals surface area contributed by atoms with E-state index in [1.165, 1.54) is 25.9 Å². The number of hydrogen-bond acceptors (Lipinski definition) is 2. The number of rotatable bonds is 1. The minimum absolute atomic E-state index is 0.341. The summed E-state index contributed by atoms with van der Waals surface area (Å²) in [6.07, 6.45) is 2.58. The smallest absolute Gasteiger partial charge is 0.0199 e. The monoisotopic (exact) mass is 198 g/mol. The van der Waals surface area contributed by atoms with Gasteiger partial charge in [0, 0.05) is 24.2 Å². The van der Waals surface area contributed by atoms with Crippen LogP contribution in [0.25, 0.3) is 0 Å². The summed E-state index contributed by atoms with van der Waals surface area (Å²) in [4.78, 5) is 4.98. The zero-order valence-electron chi connectivity index (χ0n) is 10.7. The Hall–Kier alpha value is -0.0800. The number of nitrogens with zero attached hydrogens (tertiary/aromatic N) is 2. The third kappa shape index (κ3) is 2.48. The highest BCUT2D eigenvalue weighted by Gasteiger charge is 2.34. The van der Waals surface area contributed by atoms with Gasteiger partial charge in [0.15, 0.2) is 0 Å². The molecule has 1 fully saturated rings. The Morgan fingerprint density at radius 1 is 1.07 bits per heavy atom. The molecule has 1 aliphatic heterocycles. The predicted octanol–water partition coefficient (Wildman–Crippen LogP) is 2.20. The normalized spacial score (nSPS) is 24.2. The van der Waals surface area contributed by atoms with E-state index in [0.717, 1.165) is 0 Å². The molecule has 0 saturated carbocycles. The van der Waals surface area contributed by atoms with Crippen LogP contribution in [0.2, 0.25) is 0 Å². The van der Waals surface area contributed by atoms with Gasteiger partial charge in [0.2, 0.25) is 0 Å². The molecule has 84 valence electrons.